The zero-order valence-electron chi connectivity index (χ0n) is 10.2. The summed E-state index contributed by atoms with van der Waals surface area (Å²) in [5.74, 6) is -2.76. The Hall–Kier alpha value is -2.35. The van der Waals surface area contributed by atoms with Crippen LogP contribution in [0, 0.1) is 0 Å². The molecule has 8 heteroatoms. The lowest BCUT2D eigenvalue weighted by molar-refractivity contribution is -0.148. The molecule has 0 saturated heterocycles. The highest BCUT2D eigenvalue weighted by Gasteiger charge is 2.23. The molecule has 0 aliphatic rings. The van der Waals surface area contributed by atoms with E-state index in [-0.39, 0.29) is 24.7 Å². The van der Waals surface area contributed by atoms with Crippen LogP contribution < -0.4 is 11.1 Å². The van der Waals surface area contributed by atoms with Crippen molar-refractivity contribution >= 4 is 17.8 Å². The number of nitrogens with two attached hydrogens (primary N) is 1. The molecule has 1 heterocycles. The Morgan fingerprint density at radius 2 is 2.16 bits per heavy atom. The van der Waals surface area contributed by atoms with Crippen LogP contribution in [0.3, 0.4) is 0 Å². The highest BCUT2D eigenvalue weighted by atomic mass is 16.5. The maximum Gasteiger partial charge on any atom is 0.371 e. The number of nitrogens with one attached hydrogen (secondary N) is 1. The molecule has 0 saturated carbocycles. The lowest BCUT2D eigenvalue weighted by Crippen LogP contribution is -2.46. The predicted molar refractivity (Wildman–Crippen MR) is 62.1 cm³/mol. The molecule has 1 aromatic rings. The van der Waals surface area contributed by atoms with E-state index in [2.05, 4.69) is 10.1 Å². The number of carbonyl (C=O) groups is 3. The normalized spacial score (nSPS) is 11.7. The van der Waals surface area contributed by atoms with Gasteiger partial charge in [0.25, 0.3) is 0 Å². The van der Waals surface area contributed by atoms with Gasteiger partial charge in [0, 0.05) is 0 Å². The van der Waals surface area contributed by atoms with Gasteiger partial charge in [0.2, 0.25) is 11.7 Å². The molecule has 104 valence electrons. The molecule has 1 amide bonds. The third-order valence-electron chi connectivity index (χ3n) is 2.13. The number of esters is 1. The van der Waals surface area contributed by atoms with Crippen molar-refractivity contribution < 1.29 is 28.6 Å². The van der Waals surface area contributed by atoms with Gasteiger partial charge in [-0.3, -0.25) is 4.79 Å². The lowest BCUT2D eigenvalue weighted by Gasteiger charge is -2.10. The van der Waals surface area contributed by atoms with Crippen LogP contribution in [-0.2, 0) is 20.9 Å². The first-order valence-electron chi connectivity index (χ1n) is 5.47. The first-order chi connectivity index (χ1) is 8.95. The molecule has 0 aliphatic carbocycles. The zero-order chi connectivity index (χ0) is 14.4. The van der Waals surface area contributed by atoms with Gasteiger partial charge in [-0.15, -0.1) is 0 Å². The molecule has 1 unspecified atom stereocenters. The summed E-state index contributed by atoms with van der Waals surface area (Å²) in [6.07, 6.45) is 0. The van der Waals surface area contributed by atoms with Gasteiger partial charge in [0.05, 0.1) is 13.2 Å². The number of carboxylic acid groups (broad SMARTS) is 1. The Kier molecular flexibility index (Phi) is 5.07. The van der Waals surface area contributed by atoms with Gasteiger partial charge in [-0.1, -0.05) is 0 Å². The monoisotopic (exact) mass is 270 g/mol. The van der Waals surface area contributed by atoms with E-state index in [0.717, 1.165) is 0 Å². The van der Waals surface area contributed by atoms with E-state index < -0.39 is 23.9 Å². The molecule has 0 aromatic carbocycles. The number of ether oxygens (including phenoxy) is 1. The quantitative estimate of drug-likeness (QED) is 0.468. The summed E-state index contributed by atoms with van der Waals surface area (Å²) in [5, 5.41) is 11.0. The number of carbonyl (C=O) groups excluding carboxylic acids is 2. The molecular formula is C11H14N2O6. The summed E-state index contributed by atoms with van der Waals surface area (Å²) in [6, 6.07) is 1.24. The van der Waals surface area contributed by atoms with Crippen LogP contribution in [0.4, 0.5) is 0 Å². The largest absolute Gasteiger partial charge is 0.475 e. The van der Waals surface area contributed by atoms with Crippen molar-refractivity contribution in [2.75, 3.05) is 6.61 Å². The smallest absolute Gasteiger partial charge is 0.371 e. The van der Waals surface area contributed by atoms with E-state index in [0.29, 0.717) is 0 Å². The molecule has 1 aromatic heterocycles. The second kappa shape index (κ2) is 6.55. The van der Waals surface area contributed by atoms with Gasteiger partial charge >= 0.3 is 11.9 Å². The molecule has 1 atom stereocenters. The van der Waals surface area contributed by atoms with Crippen LogP contribution in [0.25, 0.3) is 0 Å². The van der Waals surface area contributed by atoms with Gasteiger partial charge in [-0.2, -0.15) is 0 Å². The minimum atomic E-state index is -1.42. The van der Waals surface area contributed by atoms with E-state index >= 15 is 0 Å². The van der Waals surface area contributed by atoms with Crippen LogP contribution in [0.15, 0.2) is 16.5 Å². The molecule has 0 fully saturated rings. The predicted octanol–water partition coefficient (Wildman–Crippen LogP) is -0.516. The van der Waals surface area contributed by atoms with Gasteiger partial charge in [0.15, 0.2) is 6.04 Å². The first-order valence-corrected chi connectivity index (χ1v) is 5.47. The van der Waals surface area contributed by atoms with E-state index in [9.17, 15) is 14.4 Å². The Labute approximate surface area is 108 Å². The maximum absolute atomic E-state index is 11.5. The van der Waals surface area contributed by atoms with E-state index in [4.69, 9.17) is 15.3 Å². The molecule has 0 bridgehead atoms. The maximum atomic E-state index is 11.5. The average Bonchev–Trinajstić information content (AvgIpc) is 2.84. The highest BCUT2D eigenvalue weighted by Crippen LogP contribution is 2.07. The molecule has 8 nitrogen and oxygen atoms in total. The third kappa shape index (κ3) is 4.11. The fourth-order valence-electron chi connectivity index (χ4n) is 1.21. The van der Waals surface area contributed by atoms with Crippen molar-refractivity contribution in [2.45, 2.75) is 19.5 Å². The molecule has 0 aliphatic heterocycles. The van der Waals surface area contributed by atoms with Crippen LogP contribution in [0.5, 0.6) is 0 Å². The van der Waals surface area contributed by atoms with Crippen LogP contribution in [0.1, 0.15) is 23.2 Å². The van der Waals surface area contributed by atoms with E-state index in [1.807, 2.05) is 0 Å². The van der Waals surface area contributed by atoms with Gasteiger partial charge in [0.1, 0.15) is 5.76 Å². The minimum Gasteiger partial charge on any atom is -0.475 e. The minimum absolute atomic E-state index is 0.0702. The fourth-order valence-corrected chi connectivity index (χ4v) is 1.21. The summed E-state index contributed by atoms with van der Waals surface area (Å²) in [5.41, 5.74) is 5.35. The van der Waals surface area contributed by atoms with Crippen molar-refractivity contribution in [3.8, 4) is 0 Å². The molecular weight excluding hydrogens is 256 g/mol. The summed E-state index contributed by atoms with van der Waals surface area (Å²) in [4.78, 5) is 33.2. The number of amides is 1. The lowest BCUT2D eigenvalue weighted by atomic mass is 10.3. The summed E-state index contributed by atoms with van der Waals surface area (Å²) in [7, 11) is 0. The standard InChI is InChI=1S/C11H14N2O6/c1-2-18-11(17)8(12)9(14)13-5-6-3-4-7(19-6)10(15)16/h3-4,8H,2,5,12H2,1H3,(H,13,14)(H,15,16). The number of rotatable bonds is 6. The van der Waals surface area contributed by atoms with Gasteiger partial charge in [-0.25, -0.2) is 9.59 Å². The van der Waals surface area contributed by atoms with Crippen molar-refractivity contribution in [1.29, 1.82) is 0 Å². The van der Waals surface area contributed by atoms with Gasteiger partial charge in [-0.05, 0) is 19.1 Å². The number of furan rings is 1. The number of aromatic carboxylic acids is 1. The molecule has 4 N–H and O–H groups in total. The SMILES string of the molecule is CCOC(=O)C(N)C(=O)NCc1ccc(C(=O)O)o1. The molecule has 0 radical (unpaired) electrons. The topological polar surface area (TPSA) is 132 Å². The third-order valence-corrected chi connectivity index (χ3v) is 2.13. The Balaban J connectivity index is 2.49. The zero-order valence-corrected chi connectivity index (χ0v) is 10.2. The number of hydrogen-bond donors (Lipinski definition) is 3. The van der Waals surface area contributed by atoms with Crippen LogP contribution in [0.2, 0.25) is 0 Å². The second-order valence-electron chi connectivity index (χ2n) is 3.52. The van der Waals surface area contributed by atoms with E-state index in [1.54, 1.807) is 6.92 Å². The Morgan fingerprint density at radius 1 is 1.47 bits per heavy atom. The average molecular weight is 270 g/mol. The van der Waals surface area contributed by atoms with Crippen molar-refractivity contribution in [1.82, 2.24) is 5.32 Å². The highest BCUT2D eigenvalue weighted by molar-refractivity contribution is 6.01. The fraction of sp³-hybridized carbons (Fsp3) is 0.364. The van der Waals surface area contributed by atoms with Gasteiger partial charge < -0.3 is 25.3 Å². The summed E-state index contributed by atoms with van der Waals surface area (Å²) < 4.78 is 9.50. The Bertz CT molecular complexity index is 481. The van der Waals surface area contributed by atoms with Crippen LogP contribution >= 0.6 is 0 Å². The number of carboxylic acids is 1. The molecule has 19 heavy (non-hydrogen) atoms. The Morgan fingerprint density at radius 3 is 2.68 bits per heavy atom. The van der Waals surface area contributed by atoms with Crippen molar-refractivity contribution in [2.24, 2.45) is 5.73 Å². The summed E-state index contributed by atoms with van der Waals surface area (Å²) >= 11 is 0. The molecule has 1 rings (SSSR count). The van der Waals surface area contributed by atoms with E-state index in [1.165, 1.54) is 12.1 Å². The summed E-state index contributed by atoms with van der Waals surface area (Å²) in [6.45, 7) is 1.65. The van der Waals surface area contributed by atoms with Crippen LogP contribution in [-0.4, -0.2) is 35.6 Å². The molecule has 0 spiro atoms. The second-order valence-corrected chi connectivity index (χ2v) is 3.52. The first kappa shape index (κ1) is 14.7. The number of hydrogen-bond acceptors (Lipinski definition) is 6. The van der Waals surface area contributed by atoms with Crippen molar-refractivity contribution in [3.05, 3.63) is 23.7 Å². The van der Waals surface area contributed by atoms with Crippen molar-refractivity contribution in [3.63, 3.8) is 0 Å².